The number of benzene rings is 2. The van der Waals surface area contributed by atoms with Crippen LogP contribution in [0.5, 0.6) is 5.75 Å². The summed E-state index contributed by atoms with van der Waals surface area (Å²) in [6, 6.07) is 14.9. The molecule has 0 amide bonds. The van der Waals surface area contributed by atoms with Crippen molar-refractivity contribution in [3.05, 3.63) is 59.2 Å². The third-order valence-electron chi connectivity index (χ3n) is 3.29. The molecule has 1 N–H and O–H groups in total. The Morgan fingerprint density at radius 1 is 1.27 bits per heavy atom. The van der Waals surface area contributed by atoms with Gasteiger partial charge in [-0.25, -0.2) is 0 Å². The van der Waals surface area contributed by atoms with Gasteiger partial charge in [-0.05, 0) is 38.1 Å². The van der Waals surface area contributed by atoms with E-state index in [1.165, 1.54) is 6.92 Å². The maximum Gasteiger partial charge on any atom is 0.159 e. The molecule has 0 atom stereocenters. The summed E-state index contributed by atoms with van der Waals surface area (Å²) < 4.78 is 5.58. The van der Waals surface area contributed by atoms with Crippen molar-refractivity contribution in [2.45, 2.75) is 20.4 Å². The SMILES string of the molecule is CCOc1ccccc1CNc1cc(C(C)=O)ccc1C#N. The highest BCUT2D eigenvalue weighted by atomic mass is 16.5. The molecule has 4 nitrogen and oxygen atoms in total. The Morgan fingerprint density at radius 3 is 2.73 bits per heavy atom. The van der Waals surface area contributed by atoms with Gasteiger partial charge in [0.05, 0.1) is 17.9 Å². The number of Topliss-reactive ketones (excluding diaryl/α,β-unsaturated/α-hetero) is 1. The smallest absolute Gasteiger partial charge is 0.159 e. The maximum atomic E-state index is 11.5. The van der Waals surface area contributed by atoms with Crippen molar-refractivity contribution in [3.63, 3.8) is 0 Å². The molecule has 0 heterocycles. The molecule has 0 radical (unpaired) electrons. The fourth-order valence-corrected chi connectivity index (χ4v) is 2.14. The number of carbonyl (C=O) groups excluding carboxylic acids is 1. The average Bonchev–Trinajstić information content (AvgIpc) is 2.54. The summed E-state index contributed by atoms with van der Waals surface area (Å²) in [7, 11) is 0. The second-order valence-electron chi connectivity index (χ2n) is 4.82. The largest absolute Gasteiger partial charge is 0.494 e. The summed E-state index contributed by atoms with van der Waals surface area (Å²) in [5.41, 5.74) is 2.75. The number of ether oxygens (including phenoxy) is 1. The zero-order chi connectivity index (χ0) is 15.9. The van der Waals surface area contributed by atoms with Crippen molar-refractivity contribution >= 4 is 11.5 Å². The summed E-state index contributed by atoms with van der Waals surface area (Å²) in [6.07, 6.45) is 0. The molecule has 2 aromatic carbocycles. The highest BCUT2D eigenvalue weighted by molar-refractivity contribution is 5.95. The predicted octanol–water partition coefficient (Wildman–Crippen LogP) is 3.77. The number of nitrogens with one attached hydrogen (secondary N) is 1. The zero-order valence-corrected chi connectivity index (χ0v) is 12.7. The molecule has 0 aliphatic carbocycles. The van der Waals surface area contributed by atoms with Crippen LogP contribution in [0.15, 0.2) is 42.5 Å². The van der Waals surface area contributed by atoms with E-state index in [0.29, 0.717) is 30.0 Å². The van der Waals surface area contributed by atoms with Gasteiger partial charge in [0.2, 0.25) is 0 Å². The molecule has 112 valence electrons. The topological polar surface area (TPSA) is 62.1 Å². The Hall–Kier alpha value is -2.80. The van der Waals surface area contributed by atoms with E-state index in [1.54, 1.807) is 18.2 Å². The lowest BCUT2D eigenvalue weighted by atomic mass is 10.1. The number of hydrogen-bond donors (Lipinski definition) is 1. The number of nitriles is 1. The van der Waals surface area contributed by atoms with Gasteiger partial charge in [-0.1, -0.05) is 18.2 Å². The fourth-order valence-electron chi connectivity index (χ4n) is 2.14. The number of nitrogens with zero attached hydrogens (tertiary/aromatic N) is 1. The molecule has 0 aliphatic heterocycles. The van der Waals surface area contributed by atoms with Crippen LogP contribution < -0.4 is 10.1 Å². The number of ketones is 1. The molecule has 0 unspecified atom stereocenters. The Bertz CT molecular complexity index is 717. The second-order valence-corrected chi connectivity index (χ2v) is 4.82. The fraction of sp³-hybridized carbons (Fsp3) is 0.222. The van der Waals surface area contributed by atoms with Crippen molar-refractivity contribution in [1.29, 1.82) is 5.26 Å². The summed E-state index contributed by atoms with van der Waals surface area (Å²) in [5.74, 6) is 0.793. The van der Waals surface area contributed by atoms with Crippen LogP contribution in [0.25, 0.3) is 0 Å². The summed E-state index contributed by atoms with van der Waals surface area (Å²) in [5, 5.41) is 12.4. The maximum absolute atomic E-state index is 11.5. The minimum Gasteiger partial charge on any atom is -0.494 e. The van der Waals surface area contributed by atoms with Gasteiger partial charge >= 0.3 is 0 Å². The second kappa shape index (κ2) is 7.28. The highest BCUT2D eigenvalue weighted by Gasteiger charge is 2.08. The van der Waals surface area contributed by atoms with Crippen LogP contribution in [0.3, 0.4) is 0 Å². The molecule has 0 spiro atoms. The Balaban J connectivity index is 2.23. The van der Waals surface area contributed by atoms with Crippen LogP contribution in [0.1, 0.15) is 35.3 Å². The van der Waals surface area contributed by atoms with E-state index in [2.05, 4.69) is 11.4 Å². The van der Waals surface area contributed by atoms with Crippen LogP contribution in [0.4, 0.5) is 5.69 Å². The van der Waals surface area contributed by atoms with Crippen LogP contribution in [-0.2, 0) is 6.54 Å². The lowest BCUT2D eigenvalue weighted by Gasteiger charge is -2.13. The minimum absolute atomic E-state index is 0.0257. The predicted molar refractivity (Wildman–Crippen MR) is 86.1 cm³/mol. The summed E-state index contributed by atoms with van der Waals surface area (Å²) >= 11 is 0. The molecule has 22 heavy (non-hydrogen) atoms. The molecule has 0 fully saturated rings. The Morgan fingerprint density at radius 2 is 2.05 bits per heavy atom. The molecular formula is C18H18N2O2. The number of anilines is 1. The van der Waals surface area contributed by atoms with E-state index >= 15 is 0 Å². The average molecular weight is 294 g/mol. The van der Waals surface area contributed by atoms with Crippen LogP contribution in [0, 0.1) is 11.3 Å². The Labute approximate surface area is 130 Å². The lowest BCUT2D eigenvalue weighted by molar-refractivity contribution is 0.101. The van der Waals surface area contributed by atoms with Gasteiger partial charge in [-0.3, -0.25) is 4.79 Å². The normalized spacial score (nSPS) is 9.86. The van der Waals surface area contributed by atoms with Crippen LogP contribution >= 0.6 is 0 Å². The molecule has 0 saturated heterocycles. The summed E-state index contributed by atoms with van der Waals surface area (Å²) in [6.45, 7) is 4.57. The number of rotatable bonds is 6. The van der Waals surface area contributed by atoms with E-state index in [9.17, 15) is 10.1 Å². The highest BCUT2D eigenvalue weighted by Crippen LogP contribution is 2.22. The molecule has 0 saturated carbocycles. The van der Waals surface area contributed by atoms with Crippen molar-refractivity contribution < 1.29 is 9.53 Å². The summed E-state index contributed by atoms with van der Waals surface area (Å²) in [4.78, 5) is 11.5. The lowest BCUT2D eigenvalue weighted by Crippen LogP contribution is -2.05. The van der Waals surface area contributed by atoms with Crippen molar-refractivity contribution in [1.82, 2.24) is 0 Å². The molecule has 2 aromatic rings. The Kier molecular flexibility index (Phi) is 5.16. The standard InChI is InChI=1S/C18H18N2O2/c1-3-22-18-7-5-4-6-16(18)12-20-17-10-14(13(2)21)8-9-15(17)11-19/h4-10,20H,3,12H2,1-2H3. The first-order valence-corrected chi connectivity index (χ1v) is 7.15. The molecule has 0 aromatic heterocycles. The first-order chi connectivity index (χ1) is 10.7. The van der Waals surface area contributed by atoms with Gasteiger partial charge in [0, 0.05) is 17.7 Å². The van der Waals surface area contributed by atoms with Crippen molar-refractivity contribution in [2.24, 2.45) is 0 Å². The molecule has 2 rings (SSSR count). The van der Waals surface area contributed by atoms with Crippen LogP contribution in [-0.4, -0.2) is 12.4 Å². The quantitative estimate of drug-likeness (QED) is 0.824. The van der Waals surface area contributed by atoms with Crippen LogP contribution in [0.2, 0.25) is 0 Å². The van der Waals surface area contributed by atoms with Gasteiger partial charge in [-0.15, -0.1) is 0 Å². The third-order valence-corrected chi connectivity index (χ3v) is 3.29. The molecular weight excluding hydrogens is 276 g/mol. The van der Waals surface area contributed by atoms with E-state index in [-0.39, 0.29) is 5.78 Å². The first-order valence-electron chi connectivity index (χ1n) is 7.15. The number of carbonyl (C=O) groups is 1. The van der Waals surface area contributed by atoms with Gasteiger partial charge in [0.1, 0.15) is 11.8 Å². The molecule has 4 heteroatoms. The van der Waals surface area contributed by atoms with E-state index < -0.39 is 0 Å². The first kappa shape index (κ1) is 15.6. The third kappa shape index (κ3) is 3.64. The minimum atomic E-state index is -0.0257. The van der Waals surface area contributed by atoms with Gasteiger partial charge in [-0.2, -0.15) is 5.26 Å². The zero-order valence-electron chi connectivity index (χ0n) is 12.7. The number of para-hydroxylation sites is 1. The van der Waals surface area contributed by atoms with Crippen molar-refractivity contribution in [2.75, 3.05) is 11.9 Å². The van der Waals surface area contributed by atoms with Gasteiger partial charge < -0.3 is 10.1 Å². The van der Waals surface area contributed by atoms with Crippen molar-refractivity contribution in [3.8, 4) is 11.8 Å². The number of hydrogen-bond acceptors (Lipinski definition) is 4. The molecule has 0 bridgehead atoms. The monoisotopic (exact) mass is 294 g/mol. The van der Waals surface area contributed by atoms with E-state index in [1.807, 2.05) is 31.2 Å². The molecule has 0 aliphatic rings. The van der Waals surface area contributed by atoms with E-state index in [0.717, 1.165) is 11.3 Å². The van der Waals surface area contributed by atoms with Gasteiger partial charge in [0.15, 0.2) is 5.78 Å². The van der Waals surface area contributed by atoms with Gasteiger partial charge in [0.25, 0.3) is 0 Å². The van der Waals surface area contributed by atoms with E-state index in [4.69, 9.17) is 4.74 Å².